The molecule has 0 bridgehead atoms. The SMILES string of the molecule is CNCC(C)C(C)Cc1cc(F)cc(Br)c1. The quantitative estimate of drug-likeness (QED) is 0.872. The maximum atomic E-state index is 13.2. The summed E-state index contributed by atoms with van der Waals surface area (Å²) in [5.41, 5.74) is 1.06. The van der Waals surface area contributed by atoms with Crippen LogP contribution >= 0.6 is 15.9 Å². The Balaban J connectivity index is 2.65. The second kappa shape index (κ2) is 6.36. The second-order valence-corrected chi connectivity index (χ2v) is 5.41. The molecule has 0 fully saturated rings. The molecule has 0 amide bonds. The molecule has 0 saturated heterocycles. The van der Waals surface area contributed by atoms with Gasteiger partial charge in [-0.2, -0.15) is 0 Å². The zero-order valence-corrected chi connectivity index (χ0v) is 11.6. The highest BCUT2D eigenvalue weighted by atomic mass is 79.9. The van der Waals surface area contributed by atoms with Crippen LogP contribution in [0, 0.1) is 17.7 Å². The maximum Gasteiger partial charge on any atom is 0.124 e. The lowest BCUT2D eigenvalue weighted by Gasteiger charge is -2.19. The lowest BCUT2D eigenvalue weighted by Crippen LogP contribution is -2.23. The molecule has 2 atom stereocenters. The molecule has 1 nitrogen and oxygen atoms in total. The molecule has 0 radical (unpaired) electrons. The van der Waals surface area contributed by atoms with E-state index in [4.69, 9.17) is 0 Å². The van der Waals surface area contributed by atoms with E-state index in [-0.39, 0.29) is 5.82 Å². The fraction of sp³-hybridized carbons (Fsp3) is 0.538. The Hall–Kier alpha value is -0.410. The Labute approximate surface area is 106 Å². The van der Waals surface area contributed by atoms with Crippen LogP contribution < -0.4 is 5.32 Å². The van der Waals surface area contributed by atoms with Gasteiger partial charge in [-0.05, 0) is 55.6 Å². The summed E-state index contributed by atoms with van der Waals surface area (Å²) in [4.78, 5) is 0. The first-order valence-electron chi connectivity index (χ1n) is 5.62. The van der Waals surface area contributed by atoms with Crippen molar-refractivity contribution in [2.24, 2.45) is 11.8 Å². The van der Waals surface area contributed by atoms with E-state index in [9.17, 15) is 4.39 Å². The summed E-state index contributed by atoms with van der Waals surface area (Å²) < 4.78 is 14.0. The predicted molar refractivity (Wildman–Crippen MR) is 70.1 cm³/mol. The standard InChI is InChI=1S/C13H19BrFN/c1-9(10(2)8-16-3)4-11-5-12(14)7-13(15)6-11/h5-7,9-10,16H,4,8H2,1-3H3. The normalized spacial score (nSPS) is 14.8. The largest absolute Gasteiger partial charge is 0.319 e. The predicted octanol–water partition coefficient (Wildman–Crippen LogP) is 3.62. The van der Waals surface area contributed by atoms with Gasteiger partial charge in [0.1, 0.15) is 5.82 Å². The molecule has 1 aromatic carbocycles. The highest BCUT2D eigenvalue weighted by molar-refractivity contribution is 9.10. The minimum absolute atomic E-state index is 0.169. The summed E-state index contributed by atoms with van der Waals surface area (Å²) in [7, 11) is 1.96. The average Bonchev–Trinajstić information content (AvgIpc) is 2.16. The van der Waals surface area contributed by atoms with Crippen molar-refractivity contribution in [2.75, 3.05) is 13.6 Å². The van der Waals surface area contributed by atoms with Crippen molar-refractivity contribution in [1.82, 2.24) is 5.32 Å². The molecular weight excluding hydrogens is 269 g/mol. The van der Waals surface area contributed by atoms with E-state index >= 15 is 0 Å². The molecule has 0 aliphatic carbocycles. The Kier molecular flexibility index (Phi) is 5.42. The van der Waals surface area contributed by atoms with Gasteiger partial charge in [0.15, 0.2) is 0 Å². The molecule has 2 unspecified atom stereocenters. The summed E-state index contributed by atoms with van der Waals surface area (Å²) in [6.07, 6.45) is 0.916. The van der Waals surface area contributed by atoms with Crippen molar-refractivity contribution in [1.29, 1.82) is 0 Å². The van der Waals surface area contributed by atoms with Gasteiger partial charge >= 0.3 is 0 Å². The molecule has 3 heteroatoms. The Morgan fingerprint density at radius 1 is 1.25 bits per heavy atom. The fourth-order valence-corrected chi connectivity index (χ4v) is 2.34. The van der Waals surface area contributed by atoms with Crippen LogP contribution in [0.1, 0.15) is 19.4 Å². The number of hydrogen-bond acceptors (Lipinski definition) is 1. The lowest BCUT2D eigenvalue weighted by molar-refractivity contribution is 0.374. The first kappa shape index (κ1) is 13.7. The number of hydrogen-bond donors (Lipinski definition) is 1. The van der Waals surface area contributed by atoms with Gasteiger partial charge in [0.05, 0.1) is 0 Å². The van der Waals surface area contributed by atoms with Gasteiger partial charge in [0.25, 0.3) is 0 Å². The molecule has 0 aromatic heterocycles. The van der Waals surface area contributed by atoms with Crippen LogP contribution in [0.5, 0.6) is 0 Å². The number of nitrogens with one attached hydrogen (secondary N) is 1. The molecule has 0 spiro atoms. The van der Waals surface area contributed by atoms with E-state index < -0.39 is 0 Å². The van der Waals surface area contributed by atoms with Gasteiger partial charge in [-0.15, -0.1) is 0 Å². The Bertz CT molecular complexity index is 320. The van der Waals surface area contributed by atoms with Crippen LogP contribution in [0.3, 0.4) is 0 Å². The van der Waals surface area contributed by atoms with Crippen LogP contribution in [0.15, 0.2) is 22.7 Å². The van der Waals surface area contributed by atoms with E-state index in [0.717, 1.165) is 23.0 Å². The zero-order chi connectivity index (χ0) is 12.1. The van der Waals surface area contributed by atoms with E-state index in [0.29, 0.717) is 11.8 Å². The van der Waals surface area contributed by atoms with Gasteiger partial charge in [-0.25, -0.2) is 4.39 Å². The summed E-state index contributed by atoms with van der Waals surface area (Å²) >= 11 is 3.32. The minimum atomic E-state index is -0.169. The fourth-order valence-electron chi connectivity index (χ4n) is 1.82. The minimum Gasteiger partial charge on any atom is -0.319 e. The third-order valence-electron chi connectivity index (χ3n) is 2.98. The van der Waals surface area contributed by atoms with E-state index in [1.165, 1.54) is 6.07 Å². The lowest BCUT2D eigenvalue weighted by atomic mass is 9.89. The van der Waals surface area contributed by atoms with E-state index in [2.05, 4.69) is 35.1 Å². The van der Waals surface area contributed by atoms with Crippen LogP contribution in [0.2, 0.25) is 0 Å². The monoisotopic (exact) mass is 287 g/mol. The summed E-state index contributed by atoms with van der Waals surface area (Å²) in [5, 5.41) is 3.17. The highest BCUT2D eigenvalue weighted by Crippen LogP contribution is 2.20. The second-order valence-electron chi connectivity index (χ2n) is 4.49. The van der Waals surface area contributed by atoms with E-state index in [1.54, 1.807) is 6.07 Å². The topological polar surface area (TPSA) is 12.0 Å². The number of halogens is 2. The van der Waals surface area contributed by atoms with Gasteiger partial charge in [0, 0.05) is 4.47 Å². The third-order valence-corrected chi connectivity index (χ3v) is 3.44. The molecule has 1 aromatic rings. The smallest absolute Gasteiger partial charge is 0.124 e. The van der Waals surface area contributed by atoms with Crippen molar-refractivity contribution in [3.63, 3.8) is 0 Å². The Morgan fingerprint density at radius 3 is 2.50 bits per heavy atom. The average molecular weight is 288 g/mol. The van der Waals surface area contributed by atoms with Crippen molar-refractivity contribution in [3.05, 3.63) is 34.1 Å². The molecule has 1 N–H and O–H groups in total. The molecule has 0 saturated carbocycles. The molecule has 0 aliphatic rings. The molecule has 0 aliphatic heterocycles. The molecular formula is C13H19BrFN. The maximum absolute atomic E-state index is 13.2. The first-order chi connectivity index (χ1) is 7.52. The molecule has 90 valence electrons. The van der Waals surface area contributed by atoms with Gasteiger partial charge in [-0.1, -0.05) is 29.8 Å². The summed E-state index contributed by atoms with van der Waals surface area (Å²) in [5.74, 6) is 0.964. The van der Waals surface area contributed by atoms with Gasteiger partial charge < -0.3 is 5.32 Å². The van der Waals surface area contributed by atoms with Crippen LogP contribution in [-0.4, -0.2) is 13.6 Å². The third kappa shape index (κ3) is 4.22. The van der Waals surface area contributed by atoms with Gasteiger partial charge in [0.2, 0.25) is 0 Å². The summed E-state index contributed by atoms with van der Waals surface area (Å²) in [6, 6.07) is 5.10. The summed E-state index contributed by atoms with van der Waals surface area (Å²) in [6.45, 7) is 5.42. The van der Waals surface area contributed by atoms with Crippen LogP contribution in [-0.2, 0) is 6.42 Å². The van der Waals surface area contributed by atoms with Crippen molar-refractivity contribution >= 4 is 15.9 Å². The molecule has 16 heavy (non-hydrogen) atoms. The van der Waals surface area contributed by atoms with Gasteiger partial charge in [-0.3, -0.25) is 0 Å². The van der Waals surface area contributed by atoms with Crippen molar-refractivity contribution in [2.45, 2.75) is 20.3 Å². The van der Waals surface area contributed by atoms with E-state index in [1.807, 2.05) is 13.1 Å². The number of benzene rings is 1. The van der Waals surface area contributed by atoms with Crippen LogP contribution in [0.25, 0.3) is 0 Å². The Morgan fingerprint density at radius 2 is 1.94 bits per heavy atom. The van der Waals surface area contributed by atoms with Crippen molar-refractivity contribution < 1.29 is 4.39 Å². The van der Waals surface area contributed by atoms with Crippen molar-refractivity contribution in [3.8, 4) is 0 Å². The number of rotatable bonds is 5. The molecule has 1 rings (SSSR count). The first-order valence-corrected chi connectivity index (χ1v) is 6.41. The van der Waals surface area contributed by atoms with Crippen LogP contribution in [0.4, 0.5) is 4.39 Å². The zero-order valence-electron chi connectivity index (χ0n) is 10.1. The molecule has 0 heterocycles. The highest BCUT2D eigenvalue weighted by Gasteiger charge is 2.12.